The summed E-state index contributed by atoms with van der Waals surface area (Å²) in [4.78, 5) is 6.69. The van der Waals surface area contributed by atoms with Crippen LogP contribution in [0.15, 0.2) is 12.4 Å². The van der Waals surface area contributed by atoms with Gasteiger partial charge in [0.1, 0.15) is 0 Å². The van der Waals surface area contributed by atoms with Crippen molar-refractivity contribution in [2.24, 2.45) is 5.92 Å². The van der Waals surface area contributed by atoms with Crippen LogP contribution in [0.5, 0.6) is 0 Å². The van der Waals surface area contributed by atoms with Gasteiger partial charge in [0, 0.05) is 32.0 Å². The van der Waals surface area contributed by atoms with Crippen LogP contribution < -0.4 is 5.32 Å². The molecule has 1 unspecified atom stereocenters. The molecule has 84 valence electrons. The third kappa shape index (κ3) is 2.50. The summed E-state index contributed by atoms with van der Waals surface area (Å²) < 4.78 is 2.14. The van der Waals surface area contributed by atoms with Crippen LogP contribution in [0.2, 0.25) is 0 Å². The molecule has 1 atom stereocenters. The molecule has 1 aromatic heterocycles. The first-order chi connectivity index (χ1) is 7.29. The van der Waals surface area contributed by atoms with Crippen molar-refractivity contribution in [2.75, 3.05) is 32.0 Å². The van der Waals surface area contributed by atoms with Crippen LogP contribution in [0, 0.1) is 5.92 Å². The van der Waals surface area contributed by atoms with Crippen molar-refractivity contribution in [3.63, 3.8) is 0 Å². The van der Waals surface area contributed by atoms with Gasteiger partial charge in [-0.3, -0.25) is 0 Å². The number of likely N-dealkylation sites (tertiary alicyclic amines) is 1. The number of anilines is 1. The standard InChI is InChI=1S/C11H20N4/c1-3-15-7-5-12-11(15)13-8-10-4-6-14(2)9-10/h5,7,10H,3-4,6,8-9H2,1-2H3,(H,12,13). The van der Waals surface area contributed by atoms with Gasteiger partial charge in [-0.1, -0.05) is 0 Å². The second-order valence-corrected chi connectivity index (χ2v) is 4.33. The first-order valence-corrected chi connectivity index (χ1v) is 5.73. The zero-order valence-electron chi connectivity index (χ0n) is 9.61. The first kappa shape index (κ1) is 10.5. The van der Waals surface area contributed by atoms with E-state index in [4.69, 9.17) is 0 Å². The molecule has 1 aliphatic rings. The number of aryl methyl sites for hydroxylation is 1. The number of imidazole rings is 1. The van der Waals surface area contributed by atoms with Crippen LogP contribution in [0.1, 0.15) is 13.3 Å². The average molecular weight is 208 g/mol. The maximum Gasteiger partial charge on any atom is 0.202 e. The topological polar surface area (TPSA) is 33.1 Å². The molecule has 0 amide bonds. The molecule has 2 heterocycles. The van der Waals surface area contributed by atoms with Crippen molar-refractivity contribution >= 4 is 5.95 Å². The summed E-state index contributed by atoms with van der Waals surface area (Å²) in [5.41, 5.74) is 0. The largest absolute Gasteiger partial charge is 0.355 e. The summed E-state index contributed by atoms with van der Waals surface area (Å²) in [6.07, 6.45) is 5.17. The molecular formula is C11H20N4. The van der Waals surface area contributed by atoms with Crippen molar-refractivity contribution in [3.8, 4) is 0 Å². The number of aromatic nitrogens is 2. The predicted octanol–water partition coefficient (Wildman–Crippen LogP) is 1.27. The highest BCUT2D eigenvalue weighted by atomic mass is 15.2. The quantitative estimate of drug-likeness (QED) is 0.809. The Bertz CT molecular complexity index is 307. The summed E-state index contributed by atoms with van der Waals surface area (Å²) in [5, 5.41) is 3.43. The van der Waals surface area contributed by atoms with E-state index in [-0.39, 0.29) is 0 Å². The molecule has 1 saturated heterocycles. The van der Waals surface area contributed by atoms with E-state index in [0.717, 1.165) is 25.0 Å². The molecule has 1 aliphatic heterocycles. The molecule has 2 rings (SSSR count). The highest BCUT2D eigenvalue weighted by Gasteiger charge is 2.19. The summed E-state index contributed by atoms with van der Waals surface area (Å²) >= 11 is 0. The Labute approximate surface area is 91.3 Å². The van der Waals surface area contributed by atoms with Gasteiger partial charge in [0.15, 0.2) is 0 Å². The molecule has 4 heteroatoms. The minimum absolute atomic E-state index is 0.775. The molecule has 15 heavy (non-hydrogen) atoms. The summed E-state index contributed by atoms with van der Waals surface area (Å²) in [6.45, 7) is 6.60. The van der Waals surface area contributed by atoms with Crippen molar-refractivity contribution in [3.05, 3.63) is 12.4 Å². The zero-order chi connectivity index (χ0) is 10.7. The van der Waals surface area contributed by atoms with Gasteiger partial charge in [0.05, 0.1) is 0 Å². The van der Waals surface area contributed by atoms with E-state index >= 15 is 0 Å². The molecule has 0 aromatic carbocycles. The molecule has 0 bridgehead atoms. The van der Waals surface area contributed by atoms with Crippen LogP contribution in [-0.2, 0) is 6.54 Å². The number of rotatable bonds is 4. The average Bonchev–Trinajstić information content (AvgIpc) is 2.83. The molecule has 0 radical (unpaired) electrons. The van der Waals surface area contributed by atoms with E-state index in [0.29, 0.717) is 0 Å². The molecule has 1 fully saturated rings. The lowest BCUT2D eigenvalue weighted by Crippen LogP contribution is -2.20. The van der Waals surface area contributed by atoms with Crippen molar-refractivity contribution < 1.29 is 0 Å². The lowest BCUT2D eigenvalue weighted by Gasteiger charge is -2.12. The summed E-state index contributed by atoms with van der Waals surface area (Å²) in [6, 6.07) is 0. The van der Waals surface area contributed by atoms with Crippen molar-refractivity contribution in [1.29, 1.82) is 0 Å². The fourth-order valence-electron chi connectivity index (χ4n) is 2.16. The summed E-state index contributed by atoms with van der Waals surface area (Å²) in [5.74, 6) is 1.78. The van der Waals surface area contributed by atoms with Gasteiger partial charge in [-0.25, -0.2) is 4.98 Å². The van der Waals surface area contributed by atoms with E-state index in [9.17, 15) is 0 Å². The second kappa shape index (κ2) is 4.66. The number of hydrogen-bond acceptors (Lipinski definition) is 3. The Morgan fingerprint density at radius 3 is 3.13 bits per heavy atom. The number of nitrogens with zero attached hydrogens (tertiary/aromatic N) is 3. The smallest absolute Gasteiger partial charge is 0.202 e. The van der Waals surface area contributed by atoms with Crippen LogP contribution >= 0.6 is 0 Å². The van der Waals surface area contributed by atoms with Crippen LogP contribution in [0.4, 0.5) is 5.95 Å². The Kier molecular flexibility index (Phi) is 3.26. The lowest BCUT2D eigenvalue weighted by atomic mass is 10.1. The van der Waals surface area contributed by atoms with Crippen molar-refractivity contribution in [2.45, 2.75) is 19.9 Å². The first-order valence-electron chi connectivity index (χ1n) is 5.73. The second-order valence-electron chi connectivity index (χ2n) is 4.33. The highest BCUT2D eigenvalue weighted by molar-refractivity contribution is 5.25. The molecule has 0 aliphatic carbocycles. The molecule has 4 nitrogen and oxygen atoms in total. The van der Waals surface area contributed by atoms with E-state index in [1.165, 1.54) is 19.5 Å². The number of hydrogen-bond donors (Lipinski definition) is 1. The Hall–Kier alpha value is -1.03. The Morgan fingerprint density at radius 2 is 2.47 bits per heavy atom. The van der Waals surface area contributed by atoms with E-state index in [2.05, 4.69) is 33.7 Å². The molecule has 1 N–H and O–H groups in total. The van der Waals surface area contributed by atoms with Gasteiger partial charge in [-0.15, -0.1) is 0 Å². The van der Waals surface area contributed by atoms with Crippen molar-refractivity contribution in [1.82, 2.24) is 14.5 Å². The third-order valence-electron chi connectivity index (χ3n) is 3.09. The summed E-state index contributed by atoms with van der Waals surface area (Å²) in [7, 11) is 2.19. The van der Waals surface area contributed by atoms with E-state index < -0.39 is 0 Å². The van der Waals surface area contributed by atoms with E-state index in [1.807, 2.05) is 12.4 Å². The van der Waals surface area contributed by atoms with E-state index in [1.54, 1.807) is 0 Å². The monoisotopic (exact) mass is 208 g/mol. The van der Waals surface area contributed by atoms with Gasteiger partial charge in [-0.2, -0.15) is 0 Å². The van der Waals surface area contributed by atoms with Crippen LogP contribution in [0.3, 0.4) is 0 Å². The fourth-order valence-corrected chi connectivity index (χ4v) is 2.16. The van der Waals surface area contributed by atoms with Crippen LogP contribution in [0.25, 0.3) is 0 Å². The van der Waals surface area contributed by atoms with Gasteiger partial charge in [-0.05, 0) is 32.9 Å². The molecule has 0 spiro atoms. The zero-order valence-corrected chi connectivity index (χ0v) is 9.61. The van der Waals surface area contributed by atoms with Gasteiger partial charge in [0.2, 0.25) is 5.95 Å². The Balaban J connectivity index is 1.83. The minimum Gasteiger partial charge on any atom is -0.355 e. The third-order valence-corrected chi connectivity index (χ3v) is 3.09. The predicted molar refractivity (Wildman–Crippen MR) is 62.0 cm³/mol. The normalized spacial score (nSPS) is 22.1. The molecule has 0 saturated carbocycles. The fraction of sp³-hybridized carbons (Fsp3) is 0.727. The SMILES string of the molecule is CCn1ccnc1NCC1CCN(C)C1. The minimum atomic E-state index is 0.775. The lowest BCUT2D eigenvalue weighted by molar-refractivity contribution is 0.399. The number of nitrogens with one attached hydrogen (secondary N) is 1. The maximum atomic E-state index is 4.31. The van der Waals surface area contributed by atoms with Gasteiger partial charge >= 0.3 is 0 Å². The molecule has 1 aromatic rings. The molecular weight excluding hydrogens is 188 g/mol. The van der Waals surface area contributed by atoms with Gasteiger partial charge in [0.25, 0.3) is 0 Å². The maximum absolute atomic E-state index is 4.31. The highest BCUT2D eigenvalue weighted by Crippen LogP contribution is 2.15. The van der Waals surface area contributed by atoms with Gasteiger partial charge < -0.3 is 14.8 Å². The van der Waals surface area contributed by atoms with Crippen LogP contribution in [-0.4, -0.2) is 41.1 Å². The Morgan fingerprint density at radius 1 is 1.60 bits per heavy atom.